The van der Waals surface area contributed by atoms with Crippen molar-refractivity contribution in [2.45, 2.75) is 69.3 Å². The van der Waals surface area contributed by atoms with Gasteiger partial charge < -0.3 is 20.6 Å². The van der Waals surface area contributed by atoms with E-state index in [0.29, 0.717) is 17.9 Å². The molecule has 0 radical (unpaired) electrons. The molecule has 0 aromatic heterocycles. The zero-order valence-corrected chi connectivity index (χ0v) is 19.0. The molecule has 3 N–H and O–H groups in total. The number of thioether (sulfide) groups is 1. The van der Waals surface area contributed by atoms with Crippen molar-refractivity contribution in [3.05, 3.63) is 35.4 Å². The van der Waals surface area contributed by atoms with Crippen LogP contribution in [0.5, 0.6) is 0 Å². The SMILES string of the molecule is CC(C)C[C@@H](CO)NC(=O)[C@H](C)NC(=O)[C@H]1N2C(=O)c3ccccc3[C@@H]2SC1(C)C. The summed E-state index contributed by atoms with van der Waals surface area (Å²) in [5, 5.41) is 14.9. The van der Waals surface area contributed by atoms with Gasteiger partial charge in [0.2, 0.25) is 11.8 Å². The number of nitrogens with zero attached hydrogens (tertiary/aromatic N) is 1. The van der Waals surface area contributed by atoms with Crippen LogP contribution in [-0.2, 0) is 9.59 Å². The maximum atomic E-state index is 13.2. The van der Waals surface area contributed by atoms with Crippen LogP contribution in [-0.4, -0.2) is 57.2 Å². The number of benzene rings is 1. The maximum absolute atomic E-state index is 13.2. The molecule has 1 aromatic rings. The van der Waals surface area contributed by atoms with Crippen LogP contribution >= 0.6 is 11.8 Å². The molecule has 0 aliphatic carbocycles. The lowest BCUT2D eigenvalue weighted by Crippen LogP contribution is -2.57. The molecule has 0 saturated carbocycles. The van der Waals surface area contributed by atoms with Crippen LogP contribution < -0.4 is 10.6 Å². The highest BCUT2D eigenvalue weighted by molar-refractivity contribution is 8.01. The molecule has 4 atom stereocenters. The van der Waals surface area contributed by atoms with E-state index in [4.69, 9.17) is 0 Å². The van der Waals surface area contributed by atoms with Gasteiger partial charge >= 0.3 is 0 Å². The Hall–Kier alpha value is -2.06. The molecule has 30 heavy (non-hydrogen) atoms. The van der Waals surface area contributed by atoms with Gasteiger partial charge in [0.25, 0.3) is 5.91 Å². The summed E-state index contributed by atoms with van der Waals surface area (Å²) in [5.41, 5.74) is 1.56. The van der Waals surface area contributed by atoms with Crippen LogP contribution in [0.1, 0.15) is 62.3 Å². The third-order valence-corrected chi connectivity index (χ3v) is 7.15. The van der Waals surface area contributed by atoms with E-state index in [-0.39, 0.29) is 35.7 Å². The summed E-state index contributed by atoms with van der Waals surface area (Å²) >= 11 is 1.59. The number of rotatable bonds is 7. The molecule has 0 unspecified atom stereocenters. The molecule has 8 heteroatoms. The van der Waals surface area contributed by atoms with E-state index in [1.165, 1.54) is 0 Å². The monoisotopic (exact) mass is 433 g/mol. The molecular formula is C22H31N3O4S. The summed E-state index contributed by atoms with van der Waals surface area (Å²) in [6, 6.07) is 5.63. The molecule has 3 rings (SSSR count). The number of nitrogens with one attached hydrogen (secondary N) is 2. The van der Waals surface area contributed by atoms with E-state index in [0.717, 1.165) is 5.56 Å². The van der Waals surface area contributed by atoms with Crippen LogP contribution in [0, 0.1) is 5.92 Å². The highest BCUT2D eigenvalue weighted by Gasteiger charge is 2.57. The van der Waals surface area contributed by atoms with Crippen LogP contribution in [0.2, 0.25) is 0 Å². The van der Waals surface area contributed by atoms with Gasteiger partial charge in [0.05, 0.1) is 12.6 Å². The molecule has 0 spiro atoms. The Kier molecular flexibility index (Phi) is 6.48. The first-order valence-corrected chi connectivity index (χ1v) is 11.3. The zero-order chi connectivity index (χ0) is 22.2. The number of hydrogen-bond acceptors (Lipinski definition) is 5. The topological polar surface area (TPSA) is 98.7 Å². The second-order valence-electron chi connectivity index (χ2n) is 9.02. The Morgan fingerprint density at radius 1 is 1.20 bits per heavy atom. The third kappa shape index (κ3) is 4.21. The molecule has 164 valence electrons. The normalized spacial score (nSPS) is 23.7. The largest absolute Gasteiger partial charge is 0.394 e. The number of aliphatic hydroxyl groups is 1. The van der Waals surface area contributed by atoms with Crippen molar-refractivity contribution in [2.75, 3.05) is 6.61 Å². The van der Waals surface area contributed by atoms with Gasteiger partial charge in [0.1, 0.15) is 17.5 Å². The van der Waals surface area contributed by atoms with Crippen molar-refractivity contribution >= 4 is 29.5 Å². The molecule has 2 aliphatic rings. The average Bonchev–Trinajstić information content (AvgIpc) is 3.10. The first kappa shape index (κ1) is 22.6. The summed E-state index contributed by atoms with van der Waals surface area (Å²) in [6.07, 6.45) is 0.650. The number of hydrogen-bond donors (Lipinski definition) is 3. The van der Waals surface area contributed by atoms with Crippen LogP contribution in [0.3, 0.4) is 0 Å². The van der Waals surface area contributed by atoms with E-state index >= 15 is 0 Å². The van der Waals surface area contributed by atoms with E-state index in [1.54, 1.807) is 29.7 Å². The smallest absolute Gasteiger partial charge is 0.256 e. The summed E-state index contributed by atoms with van der Waals surface area (Å²) in [7, 11) is 0. The van der Waals surface area contributed by atoms with Crippen molar-refractivity contribution in [1.29, 1.82) is 0 Å². The predicted molar refractivity (Wildman–Crippen MR) is 117 cm³/mol. The Labute approximate surface area is 182 Å². The van der Waals surface area contributed by atoms with Gasteiger partial charge in [-0.3, -0.25) is 14.4 Å². The lowest BCUT2D eigenvalue weighted by Gasteiger charge is -2.30. The fraction of sp³-hybridized carbons (Fsp3) is 0.591. The predicted octanol–water partition coefficient (Wildman–Crippen LogP) is 2.06. The van der Waals surface area contributed by atoms with Crippen molar-refractivity contribution in [2.24, 2.45) is 5.92 Å². The van der Waals surface area contributed by atoms with Crippen LogP contribution in [0.25, 0.3) is 0 Å². The fourth-order valence-corrected chi connectivity index (χ4v) is 5.83. The van der Waals surface area contributed by atoms with Crippen molar-refractivity contribution in [1.82, 2.24) is 15.5 Å². The number of carbonyl (C=O) groups is 3. The quantitative estimate of drug-likeness (QED) is 0.611. The van der Waals surface area contributed by atoms with E-state index in [1.807, 2.05) is 45.9 Å². The number of fused-ring (bicyclic) bond motifs is 3. The van der Waals surface area contributed by atoms with Gasteiger partial charge in [-0.25, -0.2) is 0 Å². The molecule has 1 saturated heterocycles. The lowest BCUT2D eigenvalue weighted by atomic mass is 10.00. The Morgan fingerprint density at radius 2 is 1.87 bits per heavy atom. The third-order valence-electron chi connectivity index (χ3n) is 5.62. The van der Waals surface area contributed by atoms with Gasteiger partial charge in [-0.15, -0.1) is 11.8 Å². The first-order valence-electron chi connectivity index (χ1n) is 10.4. The molecular weight excluding hydrogens is 402 g/mol. The maximum Gasteiger partial charge on any atom is 0.256 e. The van der Waals surface area contributed by atoms with Gasteiger partial charge in [-0.05, 0) is 44.7 Å². The first-order chi connectivity index (χ1) is 14.1. The van der Waals surface area contributed by atoms with Gasteiger partial charge in [-0.2, -0.15) is 0 Å². The number of carbonyl (C=O) groups excluding carboxylic acids is 3. The zero-order valence-electron chi connectivity index (χ0n) is 18.1. The summed E-state index contributed by atoms with van der Waals surface area (Å²) in [4.78, 5) is 40.4. The molecule has 2 aliphatic heterocycles. The summed E-state index contributed by atoms with van der Waals surface area (Å²) in [6.45, 7) is 9.39. The van der Waals surface area contributed by atoms with E-state index in [9.17, 15) is 19.5 Å². The Balaban J connectivity index is 1.72. The second kappa shape index (κ2) is 8.59. The number of amides is 3. The Morgan fingerprint density at radius 3 is 2.50 bits per heavy atom. The minimum absolute atomic E-state index is 0.150. The van der Waals surface area contributed by atoms with Gasteiger partial charge in [-0.1, -0.05) is 32.0 Å². The van der Waals surface area contributed by atoms with Crippen molar-refractivity contribution in [3.8, 4) is 0 Å². The number of aliphatic hydroxyl groups excluding tert-OH is 1. The summed E-state index contributed by atoms with van der Waals surface area (Å²) in [5.74, 6) is -0.520. The molecule has 1 fully saturated rings. The highest BCUT2D eigenvalue weighted by atomic mass is 32.2. The standard InChI is InChI=1S/C22H31N3O4S/c1-12(2)10-14(11-26)24-18(27)13(3)23-19(28)17-22(4,5)30-21-16-9-7-6-8-15(16)20(29)25(17)21/h6-9,12-14,17,21,26H,10-11H2,1-5H3,(H,23,28)(H,24,27)/t13-,14-,17+,21-/m0/s1. The van der Waals surface area contributed by atoms with Crippen molar-refractivity contribution < 1.29 is 19.5 Å². The van der Waals surface area contributed by atoms with Crippen LogP contribution in [0.15, 0.2) is 24.3 Å². The average molecular weight is 434 g/mol. The second-order valence-corrected chi connectivity index (χ2v) is 10.8. The lowest BCUT2D eigenvalue weighted by molar-refractivity contribution is -0.131. The molecule has 1 aromatic carbocycles. The van der Waals surface area contributed by atoms with E-state index in [2.05, 4.69) is 10.6 Å². The molecule has 0 bridgehead atoms. The molecule has 7 nitrogen and oxygen atoms in total. The minimum atomic E-state index is -0.779. The molecule has 2 heterocycles. The fourth-order valence-electron chi connectivity index (χ4n) is 4.24. The van der Waals surface area contributed by atoms with Gasteiger partial charge in [0.15, 0.2) is 0 Å². The highest BCUT2D eigenvalue weighted by Crippen LogP contribution is 2.56. The van der Waals surface area contributed by atoms with Crippen molar-refractivity contribution in [3.63, 3.8) is 0 Å². The summed E-state index contributed by atoms with van der Waals surface area (Å²) < 4.78 is -0.501. The van der Waals surface area contributed by atoms with Gasteiger partial charge in [0, 0.05) is 10.3 Å². The molecule has 3 amide bonds. The van der Waals surface area contributed by atoms with Crippen LogP contribution in [0.4, 0.5) is 0 Å². The van der Waals surface area contributed by atoms with E-state index < -0.39 is 16.8 Å². The minimum Gasteiger partial charge on any atom is -0.394 e. The Bertz CT molecular complexity index is 841.